The minimum absolute atomic E-state index is 0. The van der Waals surface area contributed by atoms with E-state index in [0.717, 1.165) is 144 Å². The summed E-state index contributed by atoms with van der Waals surface area (Å²) in [4.78, 5) is 199. The normalized spacial score (nSPS) is 11.2. The molecular weight excluding hydrogens is 1860 g/mol. The van der Waals surface area contributed by atoms with E-state index in [1.54, 1.807) is 111 Å². The Bertz CT molecular complexity index is 2920. The summed E-state index contributed by atoms with van der Waals surface area (Å²) in [5.74, 6) is -8.37. The molecule has 4 amide bonds. The molecule has 5 atom stereocenters. The van der Waals surface area contributed by atoms with Crippen LogP contribution >= 0.6 is 22.6 Å². The van der Waals surface area contributed by atoms with Crippen LogP contribution in [0.3, 0.4) is 0 Å². The van der Waals surface area contributed by atoms with E-state index in [9.17, 15) is 67.1 Å². The smallest absolute Gasteiger partial charge is 1.00 e. The van der Waals surface area contributed by atoms with Gasteiger partial charge in [0.05, 0.1) is 0 Å². The number of ether oxygens (including phenoxy) is 6. The number of alkyl halides is 1. The molecule has 0 aliphatic carbocycles. The first-order valence-corrected chi connectivity index (χ1v) is 43.9. The Morgan fingerprint density at radius 3 is 0.863 bits per heavy atom. The molecule has 758 valence electrons. The second kappa shape index (κ2) is 101. The second-order valence-electron chi connectivity index (χ2n) is 32.5. The number of esters is 2. The summed E-state index contributed by atoms with van der Waals surface area (Å²) in [7, 11) is 2.05. The van der Waals surface area contributed by atoms with Crippen LogP contribution in [0.25, 0.3) is 0 Å². The van der Waals surface area contributed by atoms with Crippen LogP contribution in [-0.2, 0) is 105 Å². The average Bonchev–Trinajstić information content (AvgIpc) is 0.921. The van der Waals surface area contributed by atoms with Crippen molar-refractivity contribution in [1.29, 1.82) is 0 Å². The number of nitrogens with two attached hydrogens (primary N) is 2. The number of hydrogen-bond donors (Lipinski definition) is 13. The molecule has 0 saturated heterocycles. The summed E-state index contributed by atoms with van der Waals surface area (Å²) in [6.07, 6.45) is 9.20. The van der Waals surface area contributed by atoms with Crippen molar-refractivity contribution in [3.8, 4) is 0 Å². The van der Waals surface area contributed by atoms with Gasteiger partial charge in [-0.15, -0.1) is 0 Å². The molecule has 0 bridgehead atoms. The van der Waals surface area contributed by atoms with Crippen LogP contribution in [0, 0.1) is 0 Å². The molecule has 6 radical (unpaired) electrons. The fourth-order valence-corrected chi connectivity index (χ4v) is 7.98. The van der Waals surface area contributed by atoms with Crippen molar-refractivity contribution in [1.82, 2.24) is 41.7 Å². The number of nitrogens with zero attached hydrogens (tertiary/aromatic N) is 2. The number of nitrogens with one attached hydrogen (secondary N) is 6. The third-order valence-corrected chi connectivity index (χ3v) is 13.4. The number of amides is 4. The maximum Gasteiger partial charge on any atom is 1.00 e. The Morgan fingerprint density at radius 2 is 0.679 bits per heavy atom. The monoisotopic (exact) mass is 2020 g/mol. The average molecular weight is 2020 g/mol. The SMILES string of the molecule is CC(=O)OOC(C)=O.CC(=O)[O-].CC(C)(C)OC(=O)C=O.CC(C)(C)OC(=O)N[C@@H](CCCCN)C(=O)O.CC=O.CCC(=O)OC(C)(C)C.CCN(C)CCCC[C@H](N)C(=O)O.CCN(CC)CCCC[C@H](NC(=O)OC(C)(C)C)C(=O)O.CCNCCCC[C@H](NC(=O)OC(C)(C)C)C(=O)O.CCNCCCC[C@H](NC(=O)OC(C)(C)C)C(=O)O.CI.O=C=O.[B].[B].[H-].[Na+].[Na+]. The molecule has 0 aromatic rings. The Labute approximate surface area is 842 Å². The number of halogens is 1. The number of carbonyl (C=O) groups is 16. The molecular formula is C84H165B2IN10Na2O32. The fraction of sp³-hybridized carbons (Fsp3) is 0.798. The van der Waals surface area contributed by atoms with E-state index in [1.807, 2.05) is 39.5 Å². The van der Waals surface area contributed by atoms with E-state index >= 15 is 0 Å². The van der Waals surface area contributed by atoms with Crippen LogP contribution in [0.15, 0.2) is 0 Å². The molecule has 0 spiro atoms. The molecule has 0 rings (SSSR count). The van der Waals surface area contributed by atoms with Crippen LogP contribution in [-0.4, -0.2) is 296 Å². The van der Waals surface area contributed by atoms with Gasteiger partial charge in [-0.05, 0) is 306 Å². The van der Waals surface area contributed by atoms with Gasteiger partial charge in [-0.2, -0.15) is 9.59 Å². The minimum Gasteiger partial charge on any atom is -1.00 e. The van der Waals surface area contributed by atoms with Gasteiger partial charge in [-0.3, -0.25) is 14.4 Å². The van der Waals surface area contributed by atoms with E-state index in [0.29, 0.717) is 51.5 Å². The molecule has 0 aliphatic rings. The van der Waals surface area contributed by atoms with Gasteiger partial charge >= 0.3 is 143 Å². The molecule has 47 heteroatoms. The van der Waals surface area contributed by atoms with Crippen molar-refractivity contribution < 1.29 is 216 Å². The summed E-state index contributed by atoms with van der Waals surface area (Å²) in [5, 5.41) is 69.4. The number of carbonyl (C=O) groups excluding carboxylic acids is 13. The molecule has 15 N–H and O–H groups in total. The molecule has 0 heterocycles. The zero-order valence-corrected chi connectivity index (χ0v) is 90.9. The van der Waals surface area contributed by atoms with Crippen molar-refractivity contribution >= 4 is 142 Å². The standard InChI is InChI=1S/C15H30N2O4.2C13H26N2O4.C11H22N2O4.C9H20N2O2.C7H14O2.C6H10O3.C4H6O4.C2H4O2.C2H4O.CH3I.CO2.2B.2Na.H/c1-6-17(7-2)11-9-8-10-12(13(18)19)16-14(20)21-15(3,4)5;2*1-5-14-9-7-6-8-10(11(16)17)15-12(18)19-13(2,3)4;1-11(2,3)17-10(16)13-8(9(14)15)6-4-5-7-12;1-3-11(2)7-5-4-6-8(10)9(12)13;1-5-6(8)9-7(2,3)4;1-6(2,3)9-5(8)4-7;1-3(5)7-8-4(2)6;1-2(3)4;1-2-3;1-2;2-1-3;;;;;/h12H,6-11H2,1-5H3,(H,16,20)(H,18,19);2*10,14H,5-9H2,1-4H3,(H,15,18)(H,16,17);8H,4-7,12H2,1-3H3,(H,13,16)(H,14,15);8H,3-7,10H2,1-2H3,(H,12,13);5H2,1-4H3;4H,1-3H3;1-2H3;1H3,(H,3,4);2H,1H3;1H3;;;;;;/q;;;;;;;;;;;;;;2*+1;-1/p-1/t12-;2*10-;2*8-;;;;;;;;;;;;/m00000............/s1. The summed E-state index contributed by atoms with van der Waals surface area (Å²) in [5.41, 5.74) is 7.27. The predicted molar refractivity (Wildman–Crippen MR) is 497 cm³/mol. The zero-order valence-electron chi connectivity index (χ0n) is 85.8. The number of unbranched alkanes of at least 4 members (excludes halogenated alkanes) is 5. The molecule has 0 saturated carbocycles. The number of rotatable bonds is 40. The molecule has 0 aromatic carbocycles. The van der Waals surface area contributed by atoms with Crippen LogP contribution in [0.5, 0.6) is 0 Å². The van der Waals surface area contributed by atoms with Crippen LogP contribution < -0.4 is 108 Å². The van der Waals surface area contributed by atoms with Gasteiger partial charge in [0.25, 0.3) is 0 Å². The number of hydrogen-bond acceptors (Lipinski definition) is 33. The van der Waals surface area contributed by atoms with Gasteiger partial charge in [0.1, 0.15) is 70.1 Å². The summed E-state index contributed by atoms with van der Waals surface area (Å²) in [6, 6.07) is -4.28. The molecule has 42 nitrogen and oxygen atoms in total. The zero-order chi connectivity index (χ0) is 103. The first-order valence-electron chi connectivity index (χ1n) is 41.7. The quantitative estimate of drug-likeness (QED) is 0.00401. The molecule has 0 aliphatic heterocycles. The van der Waals surface area contributed by atoms with Gasteiger partial charge in [0.2, 0.25) is 6.29 Å². The van der Waals surface area contributed by atoms with E-state index in [-0.39, 0.29) is 101 Å². The van der Waals surface area contributed by atoms with Crippen molar-refractivity contribution in [3.63, 3.8) is 0 Å². The molecule has 0 fully saturated rings. The van der Waals surface area contributed by atoms with Gasteiger partial charge in [0, 0.05) is 43.1 Å². The van der Waals surface area contributed by atoms with Crippen LogP contribution in [0.2, 0.25) is 0 Å². The van der Waals surface area contributed by atoms with Crippen molar-refractivity contribution in [3.05, 3.63) is 0 Å². The summed E-state index contributed by atoms with van der Waals surface area (Å²) >= 11 is 2.15. The van der Waals surface area contributed by atoms with Crippen LogP contribution in [0.1, 0.15) is 298 Å². The van der Waals surface area contributed by atoms with E-state index < -0.39 is 136 Å². The van der Waals surface area contributed by atoms with Gasteiger partial charge in [-0.1, -0.05) is 70.6 Å². The summed E-state index contributed by atoms with van der Waals surface area (Å²) < 4.78 is 29.7. The third kappa shape index (κ3) is 157. The topological polar surface area (TPSA) is 636 Å². The van der Waals surface area contributed by atoms with E-state index in [2.05, 4.69) is 107 Å². The first kappa shape index (κ1) is 161. The Morgan fingerprint density at radius 1 is 0.435 bits per heavy atom. The summed E-state index contributed by atoms with van der Waals surface area (Å²) in [6.45, 7) is 57.3. The van der Waals surface area contributed by atoms with Gasteiger partial charge in [0.15, 0.2) is 0 Å². The van der Waals surface area contributed by atoms with Crippen molar-refractivity contribution in [2.45, 2.75) is 360 Å². The van der Waals surface area contributed by atoms with E-state index in [1.165, 1.54) is 6.92 Å². The largest absolute Gasteiger partial charge is 1.00 e. The maximum absolute atomic E-state index is 11.6. The van der Waals surface area contributed by atoms with E-state index in [4.69, 9.17) is 85.0 Å². The van der Waals surface area contributed by atoms with Crippen molar-refractivity contribution in [2.75, 3.05) is 77.4 Å². The number of aliphatic carboxylic acids is 6. The molecule has 0 unspecified atom stereocenters. The Kier molecular flexibility index (Phi) is 124. The molecule has 131 heavy (non-hydrogen) atoms. The maximum atomic E-state index is 11.6. The Hall–Kier alpha value is -6.88. The van der Waals surface area contributed by atoms with Gasteiger partial charge in [-0.25, -0.2) is 62.5 Å². The fourth-order valence-electron chi connectivity index (χ4n) is 7.98. The van der Waals surface area contributed by atoms with Crippen LogP contribution in [0.4, 0.5) is 19.2 Å². The second-order valence-corrected chi connectivity index (χ2v) is 32.5. The first-order chi connectivity index (χ1) is 58.1. The minimum atomic E-state index is -1.08. The third-order valence-electron chi connectivity index (χ3n) is 13.4. The number of carboxylic acid groups (broad SMARTS) is 6. The van der Waals surface area contributed by atoms with Gasteiger partial charge < -0.3 is 123 Å². The number of alkyl carbamates (subject to hydrolysis) is 4. The van der Waals surface area contributed by atoms with Crippen molar-refractivity contribution in [2.24, 2.45) is 11.5 Å². The predicted octanol–water partition coefficient (Wildman–Crippen LogP) is 2.66. The Balaban J connectivity index is -0.0000000757. The number of carboxylic acids is 6. The molecule has 0 aromatic heterocycles. The number of aldehydes is 2.